The summed E-state index contributed by atoms with van der Waals surface area (Å²) < 4.78 is 1.99. The number of hydrogen-bond acceptors (Lipinski definition) is 1. The number of pyridine rings is 1. The van der Waals surface area contributed by atoms with Gasteiger partial charge in [0.1, 0.15) is 0 Å². The minimum Gasteiger partial charge on any atom is -0.287 e. The van der Waals surface area contributed by atoms with Crippen molar-refractivity contribution in [1.29, 1.82) is 0 Å². The maximum atomic E-state index is 12.3. The number of hydrogen-bond donors (Lipinski definition) is 0. The minimum absolute atomic E-state index is 0.140. The van der Waals surface area contributed by atoms with Crippen LogP contribution in [0.2, 0.25) is 0 Å². The number of fused-ring (bicyclic) bond motifs is 3. The van der Waals surface area contributed by atoms with Crippen molar-refractivity contribution in [2.45, 2.75) is 13.0 Å². The Balaban J connectivity index is 1.61. The van der Waals surface area contributed by atoms with Crippen molar-refractivity contribution >= 4 is 5.78 Å². The quantitative estimate of drug-likeness (QED) is 0.417. The Bertz CT molecular complexity index is 853. The van der Waals surface area contributed by atoms with Gasteiger partial charge in [-0.2, -0.15) is 4.57 Å². The van der Waals surface area contributed by atoms with Crippen LogP contribution in [0.3, 0.4) is 0 Å². The van der Waals surface area contributed by atoms with Gasteiger partial charge >= 0.3 is 0 Å². The Morgan fingerprint density at radius 1 is 0.864 bits per heavy atom. The van der Waals surface area contributed by atoms with Crippen LogP contribution in [0.4, 0.5) is 0 Å². The number of benzene rings is 2. The molecule has 0 bridgehead atoms. The van der Waals surface area contributed by atoms with Crippen molar-refractivity contribution in [3.8, 4) is 11.1 Å². The predicted octanol–water partition coefficient (Wildman–Crippen LogP) is 3.43. The smallest absolute Gasteiger partial charge is 0.227 e. The Kier molecular flexibility index (Phi) is 3.08. The average molecular weight is 286 g/mol. The normalized spacial score (nSPS) is 11.8. The second-order valence-electron chi connectivity index (χ2n) is 5.68. The average Bonchev–Trinajstić information content (AvgIpc) is 2.93. The Hall–Kier alpha value is -2.74. The summed E-state index contributed by atoms with van der Waals surface area (Å²) >= 11 is 0. The van der Waals surface area contributed by atoms with Gasteiger partial charge in [0.05, 0.1) is 0 Å². The lowest BCUT2D eigenvalue weighted by Crippen LogP contribution is -2.37. The van der Waals surface area contributed by atoms with E-state index in [2.05, 4.69) is 36.5 Å². The van der Waals surface area contributed by atoms with Crippen LogP contribution < -0.4 is 4.57 Å². The summed E-state index contributed by atoms with van der Waals surface area (Å²) in [5.74, 6) is 0.140. The zero-order chi connectivity index (χ0) is 14.9. The largest absolute Gasteiger partial charge is 0.287 e. The van der Waals surface area contributed by atoms with Gasteiger partial charge in [-0.05, 0) is 16.7 Å². The summed E-state index contributed by atoms with van der Waals surface area (Å²) in [5, 5.41) is 0. The summed E-state index contributed by atoms with van der Waals surface area (Å²) in [4.78, 5) is 12.3. The highest BCUT2D eigenvalue weighted by molar-refractivity contribution is 5.95. The standard InChI is InChI=1S/C20H16NO/c22-20(15-6-2-1-3-7-15)14-21-11-10-19-17(13-21)12-16-8-4-5-9-18(16)19/h1-11,13H,12,14H2/q+1. The van der Waals surface area contributed by atoms with Gasteiger partial charge in [-0.1, -0.05) is 54.6 Å². The molecule has 1 aliphatic carbocycles. The van der Waals surface area contributed by atoms with Crippen molar-refractivity contribution in [2.75, 3.05) is 0 Å². The summed E-state index contributed by atoms with van der Waals surface area (Å²) in [5.41, 5.74) is 6.03. The second-order valence-corrected chi connectivity index (χ2v) is 5.68. The van der Waals surface area contributed by atoms with Crippen LogP contribution >= 0.6 is 0 Å². The van der Waals surface area contributed by atoms with E-state index in [9.17, 15) is 4.79 Å². The summed E-state index contributed by atoms with van der Waals surface area (Å²) in [6.07, 6.45) is 5.06. The molecule has 0 saturated carbocycles. The third-order valence-corrected chi connectivity index (χ3v) is 4.21. The van der Waals surface area contributed by atoms with Gasteiger partial charge in [0, 0.05) is 23.6 Å². The molecule has 1 heterocycles. The van der Waals surface area contributed by atoms with Gasteiger partial charge in [0.2, 0.25) is 12.3 Å². The van der Waals surface area contributed by atoms with Crippen LogP contribution in [0.5, 0.6) is 0 Å². The van der Waals surface area contributed by atoms with Gasteiger partial charge in [-0.25, -0.2) is 0 Å². The molecule has 0 atom stereocenters. The number of aromatic nitrogens is 1. The lowest BCUT2D eigenvalue weighted by molar-refractivity contribution is -0.683. The van der Waals surface area contributed by atoms with Gasteiger partial charge in [0.15, 0.2) is 12.4 Å². The van der Waals surface area contributed by atoms with E-state index in [1.54, 1.807) is 0 Å². The van der Waals surface area contributed by atoms with E-state index in [0.717, 1.165) is 12.0 Å². The first-order valence-corrected chi connectivity index (χ1v) is 7.50. The molecule has 0 amide bonds. The molecule has 0 aliphatic heterocycles. The van der Waals surface area contributed by atoms with Crippen molar-refractivity contribution in [1.82, 2.24) is 0 Å². The van der Waals surface area contributed by atoms with Crippen LogP contribution in [-0.4, -0.2) is 5.78 Å². The fraction of sp³-hybridized carbons (Fsp3) is 0.100. The Labute approximate surface area is 129 Å². The molecule has 1 aliphatic rings. The molecular formula is C20H16NO+. The van der Waals surface area contributed by atoms with Gasteiger partial charge in [-0.15, -0.1) is 0 Å². The monoisotopic (exact) mass is 286 g/mol. The van der Waals surface area contributed by atoms with Crippen LogP contribution in [0.15, 0.2) is 73.1 Å². The number of carbonyl (C=O) groups is 1. The fourth-order valence-electron chi connectivity index (χ4n) is 3.12. The highest BCUT2D eigenvalue weighted by Gasteiger charge is 2.21. The van der Waals surface area contributed by atoms with E-state index in [1.165, 1.54) is 22.3 Å². The third-order valence-electron chi connectivity index (χ3n) is 4.21. The van der Waals surface area contributed by atoms with E-state index in [4.69, 9.17) is 0 Å². The molecule has 0 N–H and O–H groups in total. The molecular weight excluding hydrogens is 270 g/mol. The third kappa shape index (κ3) is 2.23. The number of nitrogens with zero attached hydrogens (tertiary/aromatic N) is 1. The lowest BCUT2D eigenvalue weighted by Gasteiger charge is -2.01. The summed E-state index contributed by atoms with van der Waals surface area (Å²) in [6, 6.07) is 20.1. The highest BCUT2D eigenvalue weighted by atomic mass is 16.1. The van der Waals surface area contributed by atoms with Crippen LogP contribution in [0, 0.1) is 0 Å². The molecule has 0 saturated heterocycles. The van der Waals surface area contributed by atoms with E-state index in [1.807, 2.05) is 41.1 Å². The van der Waals surface area contributed by atoms with E-state index >= 15 is 0 Å². The SMILES string of the molecule is O=C(C[n+]1ccc2c(c1)Cc1ccccc1-2)c1ccccc1. The maximum absolute atomic E-state index is 12.3. The minimum atomic E-state index is 0.140. The topological polar surface area (TPSA) is 20.9 Å². The molecule has 22 heavy (non-hydrogen) atoms. The first-order valence-electron chi connectivity index (χ1n) is 7.50. The molecule has 3 aromatic rings. The first kappa shape index (κ1) is 13.0. The summed E-state index contributed by atoms with van der Waals surface area (Å²) in [7, 11) is 0. The van der Waals surface area contributed by atoms with Gasteiger partial charge in [-0.3, -0.25) is 4.79 Å². The molecule has 2 nitrogen and oxygen atoms in total. The molecule has 106 valence electrons. The second kappa shape index (κ2) is 5.23. The number of Topliss-reactive ketones (excluding diaryl/α,β-unsaturated/α-hetero) is 1. The molecule has 2 heteroatoms. The summed E-state index contributed by atoms with van der Waals surface area (Å²) in [6.45, 7) is 0.383. The molecule has 0 spiro atoms. The van der Waals surface area contributed by atoms with Gasteiger partial charge < -0.3 is 0 Å². The Morgan fingerprint density at radius 2 is 1.59 bits per heavy atom. The van der Waals surface area contributed by atoms with Crippen LogP contribution in [-0.2, 0) is 13.0 Å². The lowest BCUT2D eigenvalue weighted by atomic mass is 10.1. The van der Waals surface area contributed by atoms with E-state index < -0.39 is 0 Å². The molecule has 1 aromatic heterocycles. The maximum Gasteiger partial charge on any atom is 0.227 e. The van der Waals surface area contributed by atoms with Crippen molar-refractivity contribution < 1.29 is 9.36 Å². The predicted molar refractivity (Wildman–Crippen MR) is 85.7 cm³/mol. The fourth-order valence-corrected chi connectivity index (χ4v) is 3.12. The van der Waals surface area contributed by atoms with Crippen LogP contribution in [0.1, 0.15) is 21.5 Å². The number of rotatable bonds is 3. The van der Waals surface area contributed by atoms with Crippen molar-refractivity contribution in [3.05, 3.63) is 89.7 Å². The number of ketones is 1. The highest BCUT2D eigenvalue weighted by Crippen LogP contribution is 2.34. The van der Waals surface area contributed by atoms with Crippen molar-refractivity contribution in [3.63, 3.8) is 0 Å². The molecule has 0 radical (unpaired) electrons. The van der Waals surface area contributed by atoms with Gasteiger partial charge in [0.25, 0.3) is 0 Å². The van der Waals surface area contributed by atoms with Crippen molar-refractivity contribution in [2.24, 2.45) is 0 Å². The van der Waals surface area contributed by atoms with Crippen LogP contribution in [0.25, 0.3) is 11.1 Å². The molecule has 0 unspecified atom stereocenters. The zero-order valence-electron chi connectivity index (χ0n) is 12.2. The van der Waals surface area contributed by atoms with E-state index in [0.29, 0.717) is 6.54 Å². The first-order chi connectivity index (χ1) is 10.8. The number of carbonyl (C=O) groups excluding carboxylic acids is 1. The van der Waals surface area contributed by atoms with E-state index in [-0.39, 0.29) is 5.78 Å². The zero-order valence-corrected chi connectivity index (χ0v) is 12.2. The molecule has 4 rings (SSSR count). The molecule has 2 aromatic carbocycles. The molecule has 0 fully saturated rings. The Morgan fingerprint density at radius 3 is 2.45 bits per heavy atom.